The van der Waals surface area contributed by atoms with Gasteiger partial charge in [-0.05, 0) is 55.8 Å². The van der Waals surface area contributed by atoms with Gasteiger partial charge in [-0.15, -0.1) is 10.2 Å². The van der Waals surface area contributed by atoms with Crippen LogP contribution in [-0.4, -0.2) is 46.7 Å². The monoisotopic (exact) mass is 454 g/mol. The number of methoxy groups -OCH3 is 1. The summed E-state index contributed by atoms with van der Waals surface area (Å²) < 4.78 is 18.4. The number of fused-ring (bicyclic) bond motifs is 1. The van der Waals surface area contributed by atoms with E-state index in [1.54, 1.807) is 7.11 Å². The summed E-state index contributed by atoms with van der Waals surface area (Å²) in [5.74, 6) is 3.17. The fraction of sp³-hybridized carbons (Fsp3) is 0.348. The van der Waals surface area contributed by atoms with Crippen LogP contribution in [0.15, 0.2) is 47.6 Å². The summed E-state index contributed by atoms with van der Waals surface area (Å²) in [4.78, 5) is 12.6. The first-order valence-corrected chi connectivity index (χ1v) is 11.5. The van der Waals surface area contributed by atoms with Gasteiger partial charge >= 0.3 is 0 Å². The minimum absolute atomic E-state index is 0.0750. The van der Waals surface area contributed by atoms with Crippen LogP contribution in [0.1, 0.15) is 25.5 Å². The highest BCUT2D eigenvalue weighted by Crippen LogP contribution is 2.32. The third-order valence-corrected chi connectivity index (χ3v) is 6.12. The van der Waals surface area contributed by atoms with Gasteiger partial charge in [0.2, 0.25) is 5.91 Å². The molecule has 1 aliphatic rings. The number of thioether (sulfide) groups is 1. The number of rotatable bonds is 8. The predicted molar refractivity (Wildman–Crippen MR) is 122 cm³/mol. The van der Waals surface area contributed by atoms with Crippen molar-refractivity contribution < 1.29 is 19.0 Å². The number of nitrogens with one attached hydrogen (secondary N) is 1. The van der Waals surface area contributed by atoms with Crippen molar-refractivity contribution in [1.29, 1.82) is 0 Å². The average molecular weight is 455 g/mol. The highest BCUT2D eigenvalue weighted by molar-refractivity contribution is 7.99. The Morgan fingerprint density at radius 1 is 1.16 bits per heavy atom. The van der Waals surface area contributed by atoms with E-state index in [2.05, 4.69) is 15.5 Å². The molecule has 0 aliphatic carbocycles. The molecule has 1 aromatic heterocycles. The van der Waals surface area contributed by atoms with E-state index >= 15 is 0 Å². The molecule has 0 unspecified atom stereocenters. The molecule has 168 valence electrons. The maximum absolute atomic E-state index is 12.6. The molecule has 8 nitrogen and oxygen atoms in total. The summed E-state index contributed by atoms with van der Waals surface area (Å²) in [5.41, 5.74) is 1.91. The third kappa shape index (κ3) is 4.83. The maximum Gasteiger partial charge on any atom is 0.230 e. The van der Waals surface area contributed by atoms with Crippen LogP contribution in [-0.2, 0) is 11.3 Å². The Kier molecular flexibility index (Phi) is 6.84. The zero-order valence-electron chi connectivity index (χ0n) is 18.3. The lowest BCUT2D eigenvalue weighted by molar-refractivity contribution is -0.119. The lowest BCUT2D eigenvalue weighted by Crippen LogP contribution is -2.28. The van der Waals surface area contributed by atoms with Crippen LogP contribution in [0.25, 0.3) is 11.4 Å². The van der Waals surface area contributed by atoms with Gasteiger partial charge in [0.05, 0.1) is 18.9 Å². The van der Waals surface area contributed by atoms with E-state index in [1.165, 1.54) is 11.8 Å². The molecule has 1 amide bonds. The zero-order valence-corrected chi connectivity index (χ0v) is 19.1. The number of carbonyl (C=O) groups is 1. The lowest BCUT2D eigenvalue weighted by atomic mass is 10.1. The van der Waals surface area contributed by atoms with Crippen molar-refractivity contribution >= 4 is 17.7 Å². The number of carbonyl (C=O) groups excluding carboxylic acids is 1. The fourth-order valence-corrected chi connectivity index (χ4v) is 4.27. The van der Waals surface area contributed by atoms with Crippen molar-refractivity contribution in [2.75, 3.05) is 26.1 Å². The lowest BCUT2D eigenvalue weighted by Gasteiger charge is -2.21. The number of ether oxygens (including phenoxy) is 3. The molecule has 0 saturated heterocycles. The second-order valence-corrected chi connectivity index (χ2v) is 8.20. The van der Waals surface area contributed by atoms with E-state index in [-0.39, 0.29) is 17.7 Å². The van der Waals surface area contributed by atoms with E-state index in [0.717, 1.165) is 28.5 Å². The van der Waals surface area contributed by atoms with E-state index in [9.17, 15) is 4.79 Å². The van der Waals surface area contributed by atoms with Crippen LogP contribution in [0, 0.1) is 0 Å². The van der Waals surface area contributed by atoms with Crippen LogP contribution >= 0.6 is 11.8 Å². The van der Waals surface area contributed by atoms with E-state index in [1.807, 2.05) is 60.9 Å². The Morgan fingerprint density at radius 3 is 2.62 bits per heavy atom. The van der Waals surface area contributed by atoms with Crippen LogP contribution in [0.4, 0.5) is 0 Å². The molecule has 0 spiro atoms. The Labute approximate surface area is 191 Å². The summed E-state index contributed by atoms with van der Waals surface area (Å²) in [6.07, 6.45) is 0. The van der Waals surface area contributed by atoms with Gasteiger partial charge in [-0.3, -0.25) is 4.79 Å². The Hall–Kier alpha value is -3.20. The molecule has 2 aromatic carbocycles. The molecule has 32 heavy (non-hydrogen) atoms. The Morgan fingerprint density at radius 2 is 1.91 bits per heavy atom. The molecule has 2 heterocycles. The molecule has 9 heteroatoms. The summed E-state index contributed by atoms with van der Waals surface area (Å²) >= 11 is 1.37. The van der Waals surface area contributed by atoms with Crippen molar-refractivity contribution in [2.45, 2.75) is 31.6 Å². The number of aromatic nitrogens is 3. The second kappa shape index (κ2) is 9.95. The predicted octanol–water partition coefficient (Wildman–Crippen LogP) is 3.71. The molecule has 0 bridgehead atoms. The largest absolute Gasteiger partial charge is 0.497 e. The molecule has 0 fully saturated rings. The van der Waals surface area contributed by atoms with E-state index in [4.69, 9.17) is 14.2 Å². The first-order valence-electron chi connectivity index (χ1n) is 10.5. The molecule has 1 aliphatic heterocycles. The van der Waals surface area contributed by atoms with Crippen LogP contribution < -0.4 is 19.5 Å². The average Bonchev–Trinajstić information content (AvgIpc) is 3.25. The smallest absolute Gasteiger partial charge is 0.230 e. The van der Waals surface area contributed by atoms with Gasteiger partial charge in [-0.25, -0.2) is 0 Å². The highest BCUT2D eigenvalue weighted by Gasteiger charge is 2.18. The van der Waals surface area contributed by atoms with Crippen LogP contribution in [0.5, 0.6) is 17.2 Å². The summed E-state index contributed by atoms with van der Waals surface area (Å²) in [6, 6.07) is 13.3. The third-order valence-electron chi connectivity index (χ3n) is 5.16. The SMILES string of the molecule is CCn1c(SCC(=O)N[C@H](C)c2ccc3c(c2)OCCO3)nnc1-c1ccc(OC)cc1. The van der Waals surface area contributed by atoms with Gasteiger partial charge in [0.15, 0.2) is 22.5 Å². The number of hydrogen-bond donors (Lipinski definition) is 1. The molecular formula is C23H26N4O4S. The van der Waals surface area contributed by atoms with Crippen molar-refractivity contribution in [3.63, 3.8) is 0 Å². The molecule has 4 rings (SSSR count). The quantitative estimate of drug-likeness (QED) is 0.519. The molecule has 1 N–H and O–H groups in total. The highest BCUT2D eigenvalue weighted by atomic mass is 32.2. The standard InChI is InChI=1S/C23H26N4O4S/c1-4-27-22(16-5-8-18(29-3)9-6-16)25-26-23(27)32-14-21(28)24-15(2)17-7-10-19-20(13-17)31-12-11-30-19/h5-10,13,15H,4,11-12,14H2,1-3H3,(H,24,28)/t15-/m1/s1. The summed E-state index contributed by atoms with van der Waals surface area (Å²) in [6.45, 7) is 5.77. The van der Waals surface area contributed by atoms with Gasteiger partial charge < -0.3 is 24.1 Å². The Balaban J connectivity index is 1.38. The topological polar surface area (TPSA) is 87.5 Å². The van der Waals surface area contributed by atoms with Crippen LogP contribution in [0.2, 0.25) is 0 Å². The van der Waals surface area contributed by atoms with E-state index < -0.39 is 0 Å². The number of nitrogens with zero attached hydrogens (tertiary/aromatic N) is 3. The van der Waals surface area contributed by atoms with Gasteiger partial charge in [0.1, 0.15) is 19.0 Å². The number of hydrogen-bond acceptors (Lipinski definition) is 7. The Bertz CT molecular complexity index is 1080. The van der Waals surface area contributed by atoms with Crippen molar-refractivity contribution in [2.24, 2.45) is 0 Å². The molecule has 0 radical (unpaired) electrons. The van der Waals surface area contributed by atoms with Crippen LogP contribution in [0.3, 0.4) is 0 Å². The van der Waals surface area contributed by atoms with Gasteiger partial charge in [0.25, 0.3) is 0 Å². The van der Waals surface area contributed by atoms with Crippen molar-refractivity contribution in [1.82, 2.24) is 20.1 Å². The molecular weight excluding hydrogens is 428 g/mol. The first kappa shape index (κ1) is 22.0. The van der Waals surface area contributed by atoms with Gasteiger partial charge in [0, 0.05) is 12.1 Å². The molecule has 3 aromatic rings. The fourth-order valence-electron chi connectivity index (χ4n) is 3.46. The summed E-state index contributed by atoms with van der Waals surface area (Å²) in [5, 5.41) is 12.4. The number of benzene rings is 2. The zero-order chi connectivity index (χ0) is 22.5. The molecule has 0 saturated carbocycles. The number of amides is 1. The second-order valence-electron chi connectivity index (χ2n) is 7.26. The summed E-state index contributed by atoms with van der Waals surface area (Å²) in [7, 11) is 1.64. The first-order chi connectivity index (χ1) is 15.6. The minimum atomic E-state index is -0.155. The normalized spacial score (nSPS) is 13.5. The minimum Gasteiger partial charge on any atom is -0.497 e. The molecule has 1 atom stereocenters. The van der Waals surface area contributed by atoms with Crippen molar-refractivity contribution in [3.05, 3.63) is 48.0 Å². The van der Waals surface area contributed by atoms with Gasteiger partial charge in [-0.1, -0.05) is 17.8 Å². The van der Waals surface area contributed by atoms with E-state index in [0.29, 0.717) is 30.7 Å². The van der Waals surface area contributed by atoms with Crippen molar-refractivity contribution in [3.8, 4) is 28.6 Å². The maximum atomic E-state index is 12.6. The van der Waals surface area contributed by atoms with Gasteiger partial charge in [-0.2, -0.15) is 0 Å².